The molecule has 0 fully saturated rings. The average Bonchev–Trinajstić information content (AvgIpc) is 2.41. The van der Waals surface area contributed by atoms with Gasteiger partial charge >= 0.3 is 0 Å². The van der Waals surface area contributed by atoms with Crippen LogP contribution in [-0.2, 0) is 5.41 Å². The molecule has 2 rings (SSSR count). The van der Waals surface area contributed by atoms with Crippen molar-refractivity contribution in [3.8, 4) is 0 Å². The minimum absolute atomic E-state index is 0.141. The van der Waals surface area contributed by atoms with Gasteiger partial charge < -0.3 is 15.7 Å². The number of fused-ring (bicyclic) bond motifs is 1. The molecule has 0 bridgehead atoms. The fourth-order valence-electron chi connectivity index (χ4n) is 1.45. The van der Waals surface area contributed by atoms with Crippen molar-refractivity contribution in [2.24, 2.45) is 0 Å². The second-order valence-electron chi connectivity index (χ2n) is 4.54. The van der Waals surface area contributed by atoms with E-state index in [-0.39, 0.29) is 5.41 Å². The lowest BCUT2D eigenvalue weighted by molar-refractivity contribution is 0.591. The third-order valence-corrected chi connectivity index (χ3v) is 2.31. The van der Waals surface area contributed by atoms with E-state index in [1.165, 1.54) is 5.56 Å². The van der Waals surface area contributed by atoms with Gasteiger partial charge in [-0.15, -0.1) is 0 Å². The second-order valence-corrected chi connectivity index (χ2v) is 4.54. The highest BCUT2D eigenvalue weighted by atomic mass is 15.0. The summed E-state index contributed by atoms with van der Waals surface area (Å²) >= 11 is 0. The molecule has 0 spiro atoms. The maximum absolute atomic E-state index is 5.53. The number of nitrogen functional groups attached to an aromatic ring is 1. The highest BCUT2D eigenvalue weighted by molar-refractivity contribution is 5.77. The highest BCUT2D eigenvalue weighted by Gasteiger charge is 2.13. The highest BCUT2D eigenvalue weighted by Crippen LogP contribution is 2.24. The summed E-state index contributed by atoms with van der Waals surface area (Å²) in [4.78, 5) is 8.26. The zero-order valence-electron chi connectivity index (χ0n) is 8.70. The Labute approximate surface area is 83.3 Å². The van der Waals surface area contributed by atoms with Crippen LogP contribution in [0.4, 0.5) is 5.95 Å². The first kappa shape index (κ1) is 9.06. The smallest absolute Gasteiger partial charge is 0.0128 e. The molecule has 14 heavy (non-hydrogen) atoms. The van der Waals surface area contributed by atoms with Gasteiger partial charge in [0.05, 0.1) is 0 Å². The Morgan fingerprint density at radius 2 is 2.00 bits per heavy atom. The molecule has 3 heteroatoms. The summed E-state index contributed by atoms with van der Waals surface area (Å²) in [6.45, 7) is 6.52. The van der Waals surface area contributed by atoms with E-state index in [9.17, 15) is 0 Å². The van der Waals surface area contributed by atoms with Gasteiger partial charge in [-0.25, -0.2) is 0 Å². The number of benzene rings is 1. The summed E-state index contributed by atoms with van der Waals surface area (Å²) < 4.78 is 0. The minimum atomic E-state index is 0.141. The van der Waals surface area contributed by atoms with Crippen LogP contribution in [0.3, 0.4) is 0 Å². The van der Waals surface area contributed by atoms with Crippen LogP contribution < -0.4 is 10.7 Å². The Kier molecular flexibility index (Phi) is 1.77. The molecule has 1 aromatic heterocycles. The molecule has 0 aliphatic carbocycles. The Bertz CT molecular complexity index is 463. The lowest BCUT2D eigenvalue weighted by Gasteiger charge is -2.18. The monoisotopic (exact) mass is 188 g/mol. The molecule has 2 aromatic rings. The minimum Gasteiger partial charge on any atom is -0.453 e. The Balaban J connectivity index is 2.62. The number of anilines is 1. The van der Waals surface area contributed by atoms with Crippen molar-refractivity contribution >= 4 is 17.0 Å². The molecule has 0 saturated heterocycles. The van der Waals surface area contributed by atoms with E-state index in [4.69, 9.17) is 5.73 Å². The number of nitrogens with two attached hydrogens (primary N) is 1. The predicted octanol–water partition coefficient (Wildman–Crippen LogP) is 2.07. The SMILES string of the molecule is CC(C)(C)c1ccc2[n-]c(N)nc2c1. The molecule has 0 aliphatic rings. The summed E-state index contributed by atoms with van der Waals surface area (Å²) in [6.07, 6.45) is 0. The van der Waals surface area contributed by atoms with Gasteiger partial charge in [0.2, 0.25) is 0 Å². The molecule has 0 amide bonds. The fraction of sp³-hybridized carbons (Fsp3) is 0.364. The summed E-state index contributed by atoms with van der Waals surface area (Å²) in [5.41, 5.74) is 8.68. The van der Waals surface area contributed by atoms with E-state index in [0.717, 1.165) is 11.0 Å². The van der Waals surface area contributed by atoms with Crippen molar-refractivity contribution in [3.63, 3.8) is 0 Å². The topological polar surface area (TPSA) is 53.0 Å². The van der Waals surface area contributed by atoms with Crippen molar-refractivity contribution < 1.29 is 0 Å². The van der Waals surface area contributed by atoms with Crippen molar-refractivity contribution in [1.82, 2.24) is 9.97 Å². The maximum atomic E-state index is 5.53. The van der Waals surface area contributed by atoms with E-state index in [1.807, 2.05) is 6.07 Å². The Morgan fingerprint density at radius 1 is 1.29 bits per heavy atom. The van der Waals surface area contributed by atoms with Gasteiger partial charge in [0.1, 0.15) is 0 Å². The quantitative estimate of drug-likeness (QED) is 0.688. The van der Waals surface area contributed by atoms with Gasteiger partial charge in [-0.2, -0.15) is 0 Å². The molecule has 1 aromatic carbocycles. The molecule has 74 valence electrons. The van der Waals surface area contributed by atoms with Gasteiger partial charge in [0, 0.05) is 17.0 Å². The van der Waals surface area contributed by atoms with Gasteiger partial charge in [0.15, 0.2) is 0 Å². The lowest BCUT2D eigenvalue weighted by Crippen LogP contribution is -2.10. The number of hydrogen-bond acceptors (Lipinski definition) is 2. The van der Waals surface area contributed by atoms with Crippen LogP contribution in [0.15, 0.2) is 18.2 Å². The van der Waals surface area contributed by atoms with Gasteiger partial charge in [-0.3, -0.25) is 0 Å². The Morgan fingerprint density at radius 3 is 2.64 bits per heavy atom. The van der Waals surface area contributed by atoms with Crippen LogP contribution in [-0.4, -0.2) is 4.98 Å². The van der Waals surface area contributed by atoms with Crippen molar-refractivity contribution in [2.75, 3.05) is 5.73 Å². The lowest BCUT2D eigenvalue weighted by atomic mass is 9.87. The molecule has 0 saturated carbocycles. The summed E-state index contributed by atoms with van der Waals surface area (Å²) in [7, 11) is 0. The first-order chi connectivity index (χ1) is 6.47. The van der Waals surface area contributed by atoms with E-state index in [1.54, 1.807) is 0 Å². The molecule has 0 unspecified atom stereocenters. The third kappa shape index (κ3) is 1.45. The summed E-state index contributed by atoms with van der Waals surface area (Å²) in [6, 6.07) is 6.11. The van der Waals surface area contributed by atoms with Gasteiger partial charge in [0.25, 0.3) is 0 Å². The number of hydrogen-bond donors (Lipinski definition) is 1. The van der Waals surface area contributed by atoms with Crippen molar-refractivity contribution in [2.45, 2.75) is 26.2 Å². The number of imidazole rings is 1. The second kappa shape index (κ2) is 2.74. The number of nitrogens with zero attached hydrogens (tertiary/aromatic N) is 2. The molecule has 0 radical (unpaired) electrons. The maximum Gasteiger partial charge on any atom is 0.0128 e. The zero-order valence-corrected chi connectivity index (χ0v) is 8.70. The van der Waals surface area contributed by atoms with Crippen LogP contribution >= 0.6 is 0 Å². The van der Waals surface area contributed by atoms with Crippen LogP contribution in [0.25, 0.3) is 11.0 Å². The van der Waals surface area contributed by atoms with Gasteiger partial charge in [-0.1, -0.05) is 32.9 Å². The van der Waals surface area contributed by atoms with E-state index >= 15 is 0 Å². The molecule has 1 heterocycles. The van der Waals surface area contributed by atoms with Crippen LogP contribution in [0.2, 0.25) is 0 Å². The predicted molar refractivity (Wildman–Crippen MR) is 58.2 cm³/mol. The Hall–Kier alpha value is -1.51. The molecule has 3 nitrogen and oxygen atoms in total. The largest absolute Gasteiger partial charge is 0.453 e. The average molecular weight is 188 g/mol. The molecule has 0 aliphatic heterocycles. The normalized spacial score (nSPS) is 12.2. The van der Waals surface area contributed by atoms with Crippen molar-refractivity contribution in [1.29, 1.82) is 0 Å². The molecular formula is C11H14N3-. The van der Waals surface area contributed by atoms with E-state index in [2.05, 4.69) is 42.9 Å². The van der Waals surface area contributed by atoms with E-state index in [0.29, 0.717) is 5.95 Å². The van der Waals surface area contributed by atoms with Crippen molar-refractivity contribution in [3.05, 3.63) is 23.8 Å². The fourth-order valence-corrected chi connectivity index (χ4v) is 1.45. The molecule has 0 atom stereocenters. The summed E-state index contributed by atoms with van der Waals surface area (Å²) in [5.74, 6) is 0.353. The number of rotatable bonds is 0. The van der Waals surface area contributed by atoms with Crippen LogP contribution in [0.1, 0.15) is 26.3 Å². The third-order valence-electron chi connectivity index (χ3n) is 2.31. The van der Waals surface area contributed by atoms with E-state index < -0.39 is 0 Å². The zero-order chi connectivity index (χ0) is 10.3. The first-order valence-corrected chi connectivity index (χ1v) is 4.67. The number of aromatic nitrogens is 2. The standard InChI is InChI=1S/C11H14N3/c1-11(2,3)7-4-5-8-9(6-7)14-10(12)13-8/h4-6H,1-3H3,(H2-,12,13,14)/q-1. The van der Waals surface area contributed by atoms with Crippen LogP contribution in [0.5, 0.6) is 0 Å². The molecule has 2 N–H and O–H groups in total. The summed E-state index contributed by atoms with van der Waals surface area (Å²) in [5, 5.41) is 0. The van der Waals surface area contributed by atoms with Gasteiger partial charge in [-0.05, 0) is 17.0 Å². The first-order valence-electron chi connectivity index (χ1n) is 4.67. The van der Waals surface area contributed by atoms with Crippen LogP contribution in [0, 0.1) is 0 Å². The molecular weight excluding hydrogens is 174 g/mol.